The summed E-state index contributed by atoms with van der Waals surface area (Å²) in [6.07, 6.45) is 4.62. The smallest absolute Gasteiger partial charge is 0.225 e. The molecule has 1 heterocycles. The van der Waals surface area contributed by atoms with Crippen molar-refractivity contribution in [3.8, 4) is 0 Å². The Morgan fingerprint density at radius 2 is 2.00 bits per heavy atom. The van der Waals surface area contributed by atoms with Crippen molar-refractivity contribution in [1.29, 1.82) is 0 Å². The van der Waals surface area contributed by atoms with Crippen LogP contribution in [0, 0.1) is 5.82 Å². The van der Waals surface area contributed by atoms with E-state index in [1.54, 1.807) is 0 Å². The van der Waals surface area contributed by atoms with Crippen LogP contribution in [-0.4, -0.2) is 28.4 Å². The molecule has 84 valence electrons. The van der Waals surface area contributed by atoms with E-state index in [0.717, 1.165) is 31.3 Å². The highest BCUT2D eigenvalue weighted by Gasteiger charge is 2.07. The first kappa shape index (κ1) is 12.4. The zero-order chi connectivity index (χ0) is 11.1. The molecule has 0 N–H and O–H groups in total. The number of unbranched alkanes of at least 4 members (excludes halogenated alkanes) is 1. The van der Waals surface area contributed by atoms with Gasteiger partial charge in [0.2, 0.25) is 5.95 Å². The second-order valence-electron chi connectivity index (χ2n) is 3.23. The van der Waals surface area contributed by atoms with Crippen molar-refractivity contribution in [1.82, 2.24) is 9.97 Å². The van der Waals surface area contributed by atoms with E-state index in [4.69, 9.17) is 0 Å². The van der Waals surface area contributed by atoms with Crippen molar-refractivity contribution in [2.24, 2.45) is 0 Å². The van der Waals surface area contributed by atoms with Gasteiger partial charge in [0, 0.05) is 18.4 Å². The van der Waals surface area contributed by atoms with Gasteiger partial charge in [-0.2, -0.15) is 0 Å². The van der Waals surface area contributed by atoms with E-state index in [1.165, 1.54) is 12.4 Å². The second-order valence-corrected chi connectivity index (χ2v) is 4.02. The number of rotatable bonds is 6. The van der Waals surface area contributed by atoms with Gasteiger partial charge in [0.05, 0.1) is 12.4 Å². The van der Waals surface area contributed by atoms with Gasteiger partial charge in [0.1, 0.15) is 0 Å². The molecule has 3 nitrogen and oxygen atoms in total. The van der Waals surface area contributed by atoms with Crippen LogP contribution in [0.15, 0.2) is 12.4 Å². The van der Waals surface area contributed by atoms with E-state index in [1.807, 2.05) is 0 Å². The number of anilines is 1. The first-order valence-electron chi connectivity index (χ1n) is 5.06. The first-order valence-corrected chi connectivity index (χ1v) is 6.18. The number of hydrogen-bond donors (Lipinski definition) is 0. The molecule has 0 spiro atoms. The van der Waals surface area contributed by atoms with Crippen molar-refractivity contribution in [3.05, 3.63) is 18.2 Å². The lowest BCUT2D eigenvalue weighted by Gasteiger charge is -2.20. The highest BCUT2D eigenvalue weighted by Crippen LogP contribution is 2.08. The summed E-state index contributed by atoms with van der Waals surface area (Å²) in [5.41, 5.74) is 0. The van der Waals surface area contributed by atoms with Gasteiger partial charge < -0.3 is 4.90 Å². The average Bonchev–Trinajstić information content (AvgIpc) is 2.25. The van der Waals surface area contributed by atoms with Gasteiger partial charge in [-0.25, -0.2) is 14.4 Å². The van der Waals surface area contributed by atoms with E-state index in [-0.39, 0.29) is 0 Å². The predicted octanol–water partition coefficient (Wildman–Crippen LogP) is 2.62. The average molecular weight is 276 g/mol. The third-order valence-corrected chi connectivity index (χ3v) is 2.38. The van der Waals surface area contributed by atoms with Gasteiger partial charge in [0.15, 0.2) is 5.82 Å². The molecule has 0 aromatic carbocycles. The lowest BCUT2D eigenvalue weighted by Crippen LogP contribution is -2.28. The zero-order valence-electron chi connectivity index (χ0n) is 8.79. The Labute approximate surface area is 97.9 Å². The minimum Gasteiger partial charge on any atom is -0.340 e. The summed E-state index contributed by atoms with van der Waals surface area (Å²) in [4.78, 5) is 9.99. The summed E-state index contributed by atoms with van der Waals surface area (Å²) in [6, 6.07) is 0. The fourth-order valence-electron chi connectivity index (χ4n) is 1.23. The van der Waals surface area contributed by atoms with Crippen LogP contribution in [0.2, 0.25) is 0 Å². The van der Waals surface area contributed by atoms with Crippen LogP contribution < -0.4 is 4.90 Å². The van der Waals surface area contributed by atoms with Gasteiger partial charge in [-0.1, -0.05) is 29.3 Å². The van der Waals surface area contributed by atoms with E-state index >= 15 is 0 Å². The van der Waals surface area contributed by atoms with E-state index < -0.39 is 5.82 Å². The maximum atomic E-state index is 12.6. The molecule has 0 aliphatic heterocycles. The molecular formula is C10H15BrFN3. The summed E-state index contributed by atoms with van der Waals surface area (Å²) < 4.78 is 12.6. The van der Waals surface area contributed by atoms with Crippen LogP contribution in [0.4, 0.5) is 10.3 Å². The summed E-state index contributed by atoms with van der Waals surface area (Å²) in [5, 5.41) is 0.859. The van der Waals surface area contributed by atoms with Crippen LogP contribution in [0.25, 0.3) is 0 Å². The van der Waals surface area contributed by atoms with Crippen LogP contribution in [0.5, 0.6) is 0 Å². The van der Waals surface area contributed by atoms with Crippen LogP contribution in [-0.2, 0) is 0 Å². The molecule has 0 aliphatic carbocycles. The molecule has 0 amide bonds. The fraction of sp³-hybridized carbons (Fsp3) is 0.600. The Morgan fingerprint density at radius 3 is 2.53 bits per heavy atom. The molecule has 0 saturated heterocycles. The molecule has 0 unspecified atom stereocenters. The van der Waals surface area contributed by atoms with E-state index in [9.17, 15) is 4.39 Å². The Hall–Kier alpha value is -0.710. The van der Waals surface area contributed by atoms with Gasteiger partial charge in [-0.3, -0.25) is 0 Å². The zero-order valence-corrected chi connectivity index (χ0v) is 10.4. The molecule has 5 heteroatoms. The number of hydrogen-bond acceptors (Lipinski definition) is 3. The maximum Gasteiger partial charge on any atom is 0.225 e. The van der Waals surface area contributed by atoms with Gasteiger partial charge in [0.25, 0.3) is 0 Å². The normalized spacial score (nSPS) is 10.3. The fourth-order valence-corrected chi connectivity index (χ4v) is 1.66. The Kier molecular flexibility index (Phi) is 5.53. The Balaban J connectivity index is 2.65. The number of nitrogens with zero attached hydrogens (tertiary/aromatic N) is 3. The largest absolute Gasteiger partial charge is 0.340 e. The molecule has 0 bridgehead atoms. The van der Waals surface area contributed by atoms with Gasteiger partial charge >= 0.3 is 0 Å². The minimum absolute atomic E-state index is 0.395. The van der Waals surface area contributed by atoms with Crippen LogP contribution >= 0.6 is 15.9 Å². The first-order chi connectivity index (χ1) is 7.27. The highest BCUT2D eigenvalue weighted by atomic mass is 79.9. The lowest BCUT2D eigenvalue weighted by atomic mass is 10.3. The molecule has 0 aliphatic rings. The van der Waals surface area contributed by atoms with Crippen molar-refractivity contribution in [2.45, 2.75) is 19.8 Å². The van der Waals surface area contributed by atoms with Crippen LogP contribution in [0.1, 0.15) is 19.8 Å². The van der Waals surface area contributed by atoms with Crippen LogP contribution in [0.3, 0.4) is 0 Å². The minimum atomic E-state index is -0.395. The predicted molar refractivity (Wildman–Crippen MR) is 62.9 cm³/mol. The SMILES string of the molecule is CCCCN(CCBr)c1ncc(F)cn1. The molecule has 1 aromatic heterocycles. The third kappa shape index (κ3) is 4.11. The highest BCUT2D eigenvalue weighted by molar-refractivity contribution is 9.09. The van der Waals surface area contributed by atoms with E-state index in [0.29, 0.717) is 5.95 Å². The van der Waals surface area contributed by atoms with Crippen molar-refractivity contribution in [2.75, 3.05) is 23.3 Å². The molecule has 0 atom stereocenters. The number of alkyl halides is 1. The molecule has 1 aromatic rings. The molecule has 15 heavy (non-hydrogen) atoms. The molecule has 1 rings (SSSR count). The summed E-state index contributed by atoms with van der Waals surface area (Å²) in [5.74, 6) is 0.206. The molecular weight excluding hydrogens is 261 g/mol. The third-order valence-electron chi connectivity index (χ3n) is 2.03. The quantitative estimate of drug-likeness (QED) is 0.748. The van der Waals surface area contributed by atoms with Crippen molar-refractivity contribution >= 4 is 21.9 Å². The standard InChI is InChI=1S/C10H15BrFN3/c1-2-3-5-15(6-4-11)10-13-7-9(12)8-14-10/h7-8H,2-6H2,1H3. The molecule has 0 radical (unpaired) electrons. The number of halogens is 2. The summed E-state index contributed by atoms with van der Waals surface area (Å²) in [7, 11) is 0. The molecule has 0 fully saturated rings. The lowest BCUT2D eigenvalue weighted by molar-refractivity contribution is 0.610. The summed E-state index contributed by atoms with van der Waals surface area (Å²) >= 11 is 3.38. The molecule has 0 saturated carbocycles. The maximum absolute atomic E-state index is 12.6. The summed E-state index contributed by atoms with van der Waals surface area (Å²) in [6.45, 7) is 3.89. The Bertz CT molecular complexity index is 279. The number of aromatic nitrogens is 2. The monoisotopic (exact) mass is 275 g/mol. The van der Waals surface area contributed by atoms with Gasteiger partial charge in [-0.05, 0) is 6.42 Å². The van der Waals surface area contributed by atoms with Gasteiger partial charge in [-0.15, -0.1) is 0 Å². The Morgan fingerprint density at radius 1 is 1.33 bits per heavy atom. The topological polar surface area (TPSA) is 29.0 Å². The van der Waals surface area contributed by atoms with Crippen molar-refractivity contribution < 1.29 is 4.39 Å². The van der Waals surface area contributed by atoms with Crippen molar-refractivity contribution in [3.63, 3.8) is 0 Å². The van der Waals surface area contributed by atoms with E-state index in [2.05, 4.69) is 37.7 Å². The second kappa shape index (κ2) is 6.71.